The number of benzene rings is 2. The molecule has 0 N–H and O–H groups in total. The standard InChI is InChI=1S/C18H17BrO3/c1-11-4-3-5-14(12-6-7-12)17(11)22-16-9-8-13(10-15(16)19)18(20)21-2/h3-5,8-10,12H,6-7H2,1-2H3. The highest BCUT2D eigenvalue weighted by Gasteiger charge is 2.27. The van der Waals surface area contributed by atoms with Gasteiger partial charge in [-0.2, -0.15) is 0 Å². The summed E-state index contributed by atoms with van der Waals surface area (Å²) < 4.78 is 11.6. The van der Waals surface area contributed by atoms with Gasteiger partial charge in [-0.15, -0.1) is 0 Å². The van der Waals surface area contributed by atoms with Crippen molar-refractivity contribution in [3.63, 3.8) is 0 Å². The lowest BCUT2D eigenvalue weighted by Gasteiger charge is -2.15. The van der Waals surface area contributed by atoms with E-state index in [4.69, 9.17) is 9.47 Å². The molecule has 0 aliphatic heterocycles. The van der Waals surface area contributed by atoms with E-state index in [1.165, 1.54) is 25.5 Å². The smallest absolute Gasteiger partial charge is 0.337 e. The molecule has 2 aromatic rings. The van der Waals surface area contributed by atoms with E-state index in [-0.39, 0.29) is 5.97 Å². The number of aryl methyl sites for hydroxylation is 1. The lowest BCUT2D eigenvalue weighted by molar-refractivity contribution is 0.0600. The van der Waals surface area contributed by atoms with Crippen LogP contribution in [0.4, 0.5) is 0 Å². The highest BCUT2D eigenvalue weighted by molar-refractivity contribution is 9.10. The van der Waals surface area contributed by atoms with Crippen molar-refractivity contribution in [2.75, 3.05) is 7.11 Å². The molecule has 1 aliphatic rings. The Kier molecular flexibility index (Phi) is 4.21. The van der Waals surface area contributed by atoms with Crippen molar-refractivity contribution in [3.8, 4) is 11.5 Å². The maximum Gasteiger partial charge on any atom is 0.337 e. The first-order valence-electron chi connectivity index (χ1n) is 7.25. The van der Waals surface area contributed by atoms with E-state index in [2.05, 4.69) is 41.1 Å². The number of ether oxygens (including phenoxy) is 2. The van der Waals surface area contributed by atoms with Gasteiger partial charge in [-0.1, -0.05) is 18.2 Å². The van der Waals surface area contributed by atoms with Crippen molar-refractivity contribution >= 4 is 21.9 Å². The zero-order valence-electron chi connectivity index (χ0n) is 12.6. The summed E-state index contributed by atoms with van der Waals surface area (Å²) in [4.78, 5) is 11.6. The Bertz CT molecular complexity index is 720. The molecule has 0 atom stereocenters. The van der Waals surface area contributed by atoms with E-state index in [0.717, 1.165) is 15.8 Å². The van der Waals surface area contributed by atoms with Crippen molar-refractivity contribution in [2.45, 2.75) is 25.7 Å². The quantitative estimate of drug-likeness (QED) is 0.701. The Morgan fingerprint density at radius 3 is 2.64 bits per heavy atom. The fraction of sp³-hybridized carbons (Fsp3) is 0.278. The second-order valence-corrected chi connectivity index (χ2v) is 6.36. The first kappa shape index (κ1) is 15.1. The molecular formula is C18H17BrO3. The molecule has 0 unspecified atom stereocenters. The molecule has 3 nitrogen and oxygen atoms in total. The Morgan fingerprint density at radius 2 is 2.00 bits per heavy atom. The number of halogens is 1. The minimum absolute atomic E-state index is 0.359. The molecular weight excluding hydrogens is 344 g/mol. The van der Waals surface area contributed by atoms with Gasteiger partial charge in [0, 0.05) is 0 Å². The molecule has 0 heterocycles. The number of carbonyl (C=O) groups excluding carboxylic acids is 1. The maximum absolute atomic E-state index is 11.6. The minimum Gasteiger partial charge on any atom is -0.465 e. The van der Waals surface area contributed by atoms with Crippen LogP contribution in [-0.4, -0.2) is 13.1 Å². The Labute approximate surface area is 138 Å². The molecule has 22 heavy (non-hydrogen) atoms. The van der Waals surface area contributed by atoms with E-state index in [1.54, 1.807) is 18.2 Å². The van der Waals surface area contributed by atoms with Crippen LogP contribution in [0, 0.1) is 6.92 Å². The molecule has 2 aromatic carbocycles. The van der Waals surface area contributed by atoms with E-state index >= 15 is 0 Å². The van der Waals surface area contributed by atoms with Gasteiger partial charge < -0.3 is 9.47 Å². The van der Waals surface area contributed by atoms with Gasteiger partial charge >= 0.3 is 5.97 Å². The SMILES string of the molecule is COC(=O)c1ccc(Oc2c(C)cccc2C2CC2)c(Br)c1. The van der Waals surface area contributed by atoms with Crippen LogP contribution in [-0.2, 0) is 4.74 Å². The highest BCUT2D eigenvalue weighted by Crippen LogP contribution is 2.46. The van der Waals surface area contributed by atoms with Gasteiger partial charge in [-0.25, -0.2) is 4.79 Å². The lowest BCUT2D eigenvalue weighted by Crippen LogP contribution is -2.01. The van der Waals surface area contributed by atoms with Crippen LogP contribution in [0.5, 0.6) is 11.5 Å². The first-order valence-corrected chi connectivity index (χ1v) is 8.04. The third-order valence-electron chi connectivity index (χ3n) is 3.82. The number of hydrogen-bond acceptors (Lipinski definition) is 3. The summed E-state index contributed by atoms with van der Waals surface area (Å²) >= 11 is 3.47. The van der Waals surface area contributed by atoms with Crippen molar-refractivity contribution in [1.29, 1.82) is 0 Å². The van der Waals surface area contributed by atoms with Crippen LogP contribution in [0.1, 0.15) is 40.2 Å². The molecule has 0 spiro atoms. The summed E-state index contributed by atoms with van der Waals surface area (Å²) in [7, 11) is 1.37. The van der Waals surface area contributed by atoms with Gasteiger partial charge in [0.25, 0.3) is 0 Å². The molecule has 0 saturated heterocycles. The molecule has 114 valence electrons. The van der Waals surface area contributed by atoms with Crippen LogP contribution in [0.2, 0.25) is 0 Å². The summed E-state index contributed by atoms with van der Waals surface area (Å²) in [5.41, 5.74) is 2.88. The largest absolute Gasteiger partial charge is 0.465 e. The van der Waals surface area contributed by atoms with E-state index in [0.29, 0.717) is 17.2 Å². The summed E-state index contributed by atoms with van der Waals surface area (Å²) in [6, 6.07) is 11.5. The van der Waals surface area contributed by atoms with Crippen LogP contribution < -0.4 is 4.74 Å². The Morgan fingerprint density at radius 1 is 1.23 bits per heavy atom. The first-order chi connectivity index (χ1) is 10.6. The minimum atomic E-state index is -0.359. The summed E-state index contributed by atoms with van der Waals surface area (Å²) in [5, 5.41) is 0. The number of hydrogen-bond donors (Lipinski definition) is 0. The van der Waals surface area contributed by atoms with Crippen LogP contribution in [0.25, 0.3) is 0 Å². The average Bonchev–Trinajstić information content (AvgIpc) is 3.34. The van der Waals surface area contributed by atoms with Crippen LogP contribution in [0.3, 0.4) is 0 Å². The third kappa shape index (κ3) is 3.02. The van der Waals surface area contributed by atoms with E-state index in [9.17, 15) is 4.79 Å². The van der Waals surface area contributed by atoms with Gasteiger partial charge in [-0.3, -0.25) is 0 Å². The number of methoxy groups -OCH3 is 1. The topological polar surface area (TPSA) is 35.5 Å². The van der Waals surface area contributed by atoms with Crippen molar-refractivity contribution in [3.05, 3.63) is 57.6 Å². The molecule has 1 saturated carbocycles. The van der Waals surface area contributed by atoms with Gasteiger partial charge in [0.2, 0.25) is 0 Å². The predicted octanol–water partition coefficient (Wildman–Crippen LogP) is 5.21. The molecule has 1 aliphatic carbocycles. The summed E-state index contributed by atoms with van der Waals surface area (Å²) in [5.74, 6) is 1.88. The van der Waals surface area contributed by atoms with Crippen molar-refractivity contribution < 1.29 is 14.3 Å². The molecule has 3 rings (SSSR count). The number of para-hydroxylation sites is 1. The van der Waals surface area contributed by atoms with Crippen LogP contribution in [0.15, 0.2) is 40.9 Å². The Balaban J connectivity index is 1.92. The van der Waals surface area contributed by atoms with Gasteiger partial charge in [-0.05, 0) is 70.9 Å². The highest BCUT2D eigenvalue weighted by atomic mass is 79.9. The zero-order chi connectivity index (χ0) is 15.7. The molecule has 0 aromatic heterocycles. The molecule has 1 fully saturated rings. The second-order valence-electron chi connectivity index (χ2n) is 5.51. The number of carbonyl (C=O) groups is 1. The second kappa shape index (κ2) is 6.13. The zero-order valence-corrected chi connectivity index (χ0v) is 14.1. The predicted molar refractivity (Wildman–Crippen MR) is 88.7 cm³/mol. The van der Waals surface area contributed by atoms with Gasteiger partial charge in [0.1, 0.15) is 11.5 Å². The van der Waals surface area contributed by atoms with Gasteiger partial charge in [0.15, 0.2) is 0 Å². The number of esters is 1. The molecule has 0 radical (unpaired) electrons. The number of rotatable bonds is 4. The fourth-order valence-corrected chi connectivity index (χ4v) is 2.93. The normalized spacial score (nSPS) is 13.8. The average molecular weight is 361 g/mol. The van der Waals surface area contributed by atoms with Crippen molar-refractivity contribution in [1.82, 2.24) is 0 Å². The lowest BCUT2D eigenvalue weighted by atomic mass is 10.1. The molecule has 4 heteroatoms. The Hall–Kier alpha value is -1.81. The third-order valence-corrected chi connectivity index (χ3v) is 4.44. The van der Waals surface area contributed by atoms with E-state index < -0.39 is 0 Å². The maximum atomic E-state index is 11.6. The van der Waals surface area contributed by atoms with Crippen LogP contribution >= 0.6 is 15.9 Å². The summed E-state index contributed by atoms with van der Waals surface area (Å²) in [6.07, 6.45) is 2.45. The summed E-state index contributed by atoms with van der Waals surface area (Å²) in [6.45, 7) is 2.05. The van der Waals surface area contributed by atoms with Crippen molar-refractivity contribution in [2.24, 2.45) is 0 Å². The molecule has 0 bridgehead atoms. The molecule has 0 amide bonds. The fourth-order valence-electron chi connectivity index (χ4n) is 2.47. The van der Waals surface area contributed by atoms with E-state index in [1.807, 2.05) is 0 Å². The monoisotopic (exact) mass is 360 g/mol. The van der Waals surface area contributed by atoms with Gasteiger partial charge in [0.05, 0.1) is 17.1 Å².